The molecule has 0 aliphatic heterocycles. The number of hydrogen-bond donors (Lipinski definition) is 2. The maximum atomic E-state index is 8.63. The number of benzene rings is 1. The van der Waals surface area contributed by atoms with E-state index in [1.165, 1.54) is 0 Å². The Hall–Kier alpha value is -1.76. The minimum Gasteiger partial charge on any atom is -0.394 e. The van der Waals surface area contributed by atoms with Crippen LogP contribution in [0, 0.1) is 0 Å². The summed E-state index contributed by atoms with van der Waals surface area (Å²) in [7, 11) is 0. The third-order valence-corrected chi connectivity index (χ3v) is 3.01. The third-order valence-electron chi connectivity index (χ3n) is 3.01. The molecule has 6 nitrogen and oxygen atoms in total. The molecule has 6 heteroatoms. The van der Waals surface area contributed by atoms with Gasteiger partial charge in [0.15, 0.2) is 0 Å². The molecule has 0 saturated carbocycles. The van der Waals surface area contributed by atoms with Gasteiger partial charge in [-0.1, -0.05) is 30.3 Å². The van der Waals surface area contributed by atoms with Crippen molar-refractivity contribution in [2.45, 2.75) is 20.0 Å². The topological polar surface area (TPSA) is 72.2 Å². The largest absolute Gasteiger partial charge is 0.394 e. The molecule has 0 radical (unpaired) electrons. The summed E-state index contributed by atoms with van der Waals surface area (Å²) in [6.45, 7) is 5.14. The lowest BCUT2D eigenvalue weighted by Gasteiger charge is -2.04. The zero-order valence-corrected chi connectivity index (χ0v) is 12.3. The molecule has 1 aromatic heterocycles. The predicted octanol–water partition coefficient (Wildman–Crippen LogP) is 1.06. The van der Waals surface area contributed by atoms with E-state index in [1.807, 2.05) is 37.3 Å². The van der Waals surface area contributed by atoms with Gasteiger partial charge in [-0.15, -0.1) is 0 Å². The van der Waals surface area contributed by atoms with Gasteiger partial charge >= 0.3 is 0 Å². The predicted molar refractivity (Wildman–Crippen MR) is 80.7 cm³/mol. The van der Waals surface area contributed by atoms with Crippen molar-refractivity contribution in [2.75, 3.05) is 26.4 Å². The van der Waals surface area contributed by atoms with Crippen LogP contribution in [-0.4, -0.2) is 46.5 Å². The SMILES string of the molecule is CCn1nc(CNCCOCCO)c(-c2ccccc2)n1. The van der Waals surface area contributed by atoms with Crippen LogP contribution in [-0.2, 0) is 17.8 Å². The summed E-state index contributed by atoms with van der Waals surface area (Å²) in [6.07, 6.45) is 0. The third kappa shape index (κ3) is 4.63. The second-order valence-corrected chi connectivity index (χ2v) is 4.56. The Bertz CT molecular complexity index is 528. The highest BCUT2D eigenvalue weighted by Crippen LogP contribution is 2.19. The lowest BCUT2D eigenvalue weighted by molar-refractivity contribution is 0.0937. The van der Waals surface area contributed by atoms with Crippen LogP contribution in [0.5, 0.6) is 0 Å². The van der Waals surface area contributed by atoms with Gasteiger partial charge in [0.1, 0.15) is 11.4 Å². The molecule has 114 valence electrons. The van der Waals surface area contributed by atoms with Crippen LogP contribution in [0.2, 0.25) is 0 Å². The van der Waals surface area contributed by atoms with Gasteiger partial charge in [0, 0.05) is 18.7 Å². The molecule has 0 amide bonds. The van der Waals surface area contributed by atoms with Crippen molar-refractivity contribution in [1.82, 2.24) is 20.3 Å². The summed E-state index contributed by atoms with van der Waals surface area (Å²) in [5, 5.41) is 20.9. The first-order chi connectivity index (χ1) is 10.3. The molecule has 21 heavy (non-hydrogen) atoms. The first-order valence-corrected chi connectivity index (χ1v) is 7.24. The van der Waals surface area contributed by atoms with Gasteiger partial charge in [-0.3, -0.25) is 0 Å². The maximum Gasteiger partial charge on any atom is 0.117 e. The molecule has 2 aromatic rings. The van der Waals surface area contributed by atoms with Gasteiger partial charge in [0.2, 0.25) is 0 Å². The molecule has 0 aliphatic carbocycles. The van der Waals surface area contributed by atoms with Crippen LogP contribution in [0.25, 0.3) is 11.3 Å². The van der Waals surface area contributed by atoms with Crippen molar-refractivity contribution in [1.29, 1.82) is 0 Å². The van der Waals surface area contributed by atoms with Gasteiger partial charge in [-0.25, -0.2) is 0 Å². The number of ether oxygens (including phenoxy) is 1. The number of aliphatic hydroxyl groups excluding tert-OH is 1. The minimum absolute atomic E-state index is 0.0585. The Kier molecular flexibility index (Phi) is 6.33. The lowest BCUT2D eigenvalue weighted by Crippen LogP contribution is -2.20. The second kappa shape index (κ2) is 8.51. The monoisotopic (exact) mass is 290 g/mol. The smallest absolute Gasteiger partial charge is 0.117 e. The number of aromatic nitrogens is 3. The summed E-state index contributed by atoms with van der Waals surface area (Å²) < 4.78 is 5.21. The van der Waals surface area contributed by atoms with Gasteiger partial charge in [-0.05, 0) is 6.92 Å². The molecule has 0 saturated heterocycles. The normalized spacial score (nSPS) is 11.0. The highest BCUT2D eigenvalue weighted by Gasteiger charge is 2.11. The molecule has 0 aliphatic rings. The van der Waals surface area contributed by atoms with E-state index >= 15 is 0 Å². The summed E-state index contributed by atoms with van der Waals surface area (Å²) in [5.74, 6) is 0. The van der Waals surface area contributed by atoms with Crippen molar-refractivity contribution >= 4 is 0 Å². The van der Waals surface area contributed by atoms with E-state index in [1.54, 1.807) is 4.80 Å². The highest BCUT2D eigenvalue weighted by molar-refractivity contribution is 5.60. The molecule has 0 atom stereocenters. The lowest BCUT2D eigenvalue weighted by atomic mass is 10.1. The molecule has 2 rings (SSSR count). The average Bonchev–Trinajstić information content (AvgIpc) is 2.95. The Morgan fingerprint density at radius 2 is 2.00 bits per heavy atom. The van der Waals surface area contributed by atoms with Gasteiger partial charge in [0.05, 0.1) is 26.4 Å². The highest BCUT2D eigenvalue weighted by atomic mass is 16.5. The average molecular weight is 290 g/mol. The summed E-state index contributed by atoms with van der Waals surface area (Å²) in [5.41, 5.74) is 2.93. The first-order valence-electron chi connectivity index (χ1n) is 7.24. The molecule has 1 heterocycles. The summed E-state index contributed by atoms with van der Waals surface area (Å²) in [6, 6.07) is 10.1. The molecule has 0 spiro atoms. The fourth-order valence-corrected chi connectivity index (χ4v) is 1.98. The number of hydrogen-bond acceptors (Lipinski definition) is 5. The van der Waals surface area contributed by atoms with Crippen molar-refractivity contribution in [2.24, 2.45) is 0 Å². The molecular formula is C15H22N4O2. The van der Waals surface area contributed by atoms with Crippen LogP contribution in [0.3, 0.4) is 0 Å². The molecule has 0 unspecified atom stereocenters. The van der Waals surface area contributed by atoms with Crippen LogP contribution in [0.4, 0.5) is 0 Å². The Labute approximate surface area is 124 Å². The zero-order valence-electron chi connectivity index (χ0n) is 12.3. The maximum absolute atomic E-state index is 8.63. The zero-order chi connectivity index (χ0) is 14.9. The fourth-order valence-electron chi connectivity index (χ4n) is 1.98. The number of aliphatic hydroxyl groups is 1. The second-order valence-electron chi connectivity index (χ2n) is 4.56. The number of aryl methyl sites for hydroxylation is 1. The van der Waals surface area contributed by atoms with Crippen molar-refractivity contribution in [3.63, 3.8) is 0 Å². The van der Waals surface area contributed by atoms with E-state index in [-0.39, 0.29) is 6.61 Å². The number of nitrogens with zero attached hydrogens (tertiary/aromatic N) is 3. The van der Waals surface area contributed by atoms with Crippen molar-refractivity contribution in [3.05, 3.63) is 36.0 Å². The molecule has 2 N–H and O–H groups in total. The van der Waals surface area contributed by atoms with Crippen molar-refractivity contribution < 1.29 is 9.84 Å². The Morgan fingerprint density at radius 3 is 2.71 bits per heavy atom. The summed E-state index contributed by atoms with van der Waals surface area (Å²) in [4.78, 5) is 1.71. The van der Waals surface area contributed by atoms with E-state index in [0.29, 0.717) is 26.3 Å². The molecule has 0 bridgehead atoms. The van der Waals surface area contributed by atoms with Gasteiger partial charge in [-0.2, -0.15) is 15.0 Å². The quantitative estimate of drug-likeness (QED) is 0.676. The molecular weight excluding hydrogens is 268 g/mol. The van der Waals surface area contributed by atoms with E-state index in [4.69, 9.17) is 9.84 Å². The van der Waals surface area contributed by atoms with E-state index in [0.717, 1.165) is 23.5 Å². The van der Waals surface area contributed by atoms with Crippen LogP contribution in [0.1, 0.15) is 12.6 Å². The van der Waals surface area contributed by atoms with Gasteiger partial charge < -0.3 is 15.2 Å². The summed E-state index contributed by atoms with van der Waals surface area (Å²) >= 11 is 0. The van der Waals surface area contributed by atoms with Gasteiger partial charge in [0.25, 0.3) is 0 Å². The molecule has 0 fully saturated rings. The number of nitrogens with one attached hydrogen (secondary N) is 1. The van der Waals surface area contributed by atoms with E-state index < -0.39 is 0 Å². The fraction of sp³-hybridized carbons (Fsp3) is 0.467. The Balaban J connectivity index is 1.97. The van der Waals surface area contributed by atoms with Crippen LogP contribution < -0.4 is 5.32 Å². The van der Waals surface area contributed by atoms with Crippen LogP contribution in [0.15, 0.2) is 30.3 Å². The van der Waals surface area contributed by atoms with E-state index in [2.05, 4.69) is 15.5 Å². The first kappa shape index (κ1) is 15.6. The molecule has 1 aromatic carbocycles. The Morgan fingerprint density at radius 1 is 1.19 bits per heavy atom. The van der Waals surface area contributed by atoms with Crippen LogP contribution >= 0.6 is 0 Å². The van der Waals surface area contributed by atoms with E-state index in [9.17, 15) is 0 Å². The number of rotatable bonds is 9. The minimum atomic E-state index is 0.0585. The van der Waals surface area contributed by atoms with Crippen molar-refractivity contribution in [3.8, 4) is 11.3 Å². The standard InChI is InChI=1S/C15H22N4O2/c1-2-19-17-14(12-16-8-10-21-11-9-20)15(18-19)13-6-4-3-5-7-13/h3-7,16,20H,2,8-12H2,1H3.